The molecule has 0 aliphatic heterocycles. The third kappa shape index (κ3) is 1.34. The first-order chi connectivity index (χ1) is 7.73. The standard InChI is InChI=1S/C12H13N3O/c1-16-8-2-3-9-10(6-8)14-7-15-11(9)12(13)4-5-12/h2-3,6-7H,4-5,13H2,1H3. The number of hydrogen-bond donors (Lipinski definition) is 1. The third-order valence-corrected chi connectivity index (χ3v) is 3.10. The Balaban J connectivity index is 2.23. The van der Waals surface area contributed by atoms with Gasteiger partial charge in [0.1, 0.15) is 12.1 Å². The first-order valence-corrected chi connectivity index (χ1v) is 5.31. The molecule has 0 unspecified atom stereocenters. The summed E-state index contributed by atoms with van der Waals surface area (Å²) in [5, 5.41) is 1.03. The second-order valence-corrected chi connectivity index (χ2v) is 4.26. The van der Waals surface area contributed by atoms with Gasteiger partial charge in [-0.25, -0.2) is 9.97 Å². The number of fused-ring (bicyclic) bond motifs is 1. The molecule has 0 atom stereocenters. The average Bonchev–Trinajstić information content (AvgIpc) is 3.07. The highest BCUT2D eigenvalue weighted by Gasteiger charge is 2.42. The van der Waals surface area contributed by atoms with Crippen LogP contribution in [0.5, 0.6) is 5.75 Å². The van der Waals surface area contributed by atoms with Crippen LogP contribution >= 0.6 is 0 Å². The van der Waals surface area contributed by atoms with Crippen molar-refractivity contribution in [2.75, 3.05) is 7.11 Å². The molecule has 3 rings (SSSR count). The summed E-state index contributed by atoms with van der Waals surface area (Å²) in [6.07, 6.45) is 3.58. The topological polar surface area (TPSA) is 61.0 Å². The Morgan fingerprint density at radius 1 is 1.31 bits per heavy atom. The van der Waals surface area contributed by atoms with Crippen LogP contribution in [0, 0.1) is 0 Å². The number of benzene rings is 1. The second-order valence-electron chi connectivity index (χ2n) is 4.26. The van der Waals surface area contributed by atoms with E-state index in [4.69, 9.17) is 10.5 Å². The maximum absolute atomic E-state index is 6.18. The molecule has 16 heavy (non-hydrogen) atoms. The van der Waals surface area contributed by atoms with Gasteiger partial charge in [-0.3, -0.25) is 0 Å². The van der Waals surface area contributed by atoms with Gasteiger partial charge in [-0.1, -0.05) is 0 Å². The number of aromatic nitrogens is 2. The van der Waals surface area contributed by atoms with E-state index in [0.717, 1.165) is 35.2 Å². The molecule has 0 spiro atoms. The number of methoxy groups -OCH3 is 1. The van der Waals surface area contributed by atoms with Crippen LogP contribution in [0.15, 0.2) is 24.5 Å². The number of nitrogens with zero attached hydrogens (tertiary/aromatic N) is 2. The molecule has 1 aliphatic rings. The molecular formula is C12H13N3O. The van der Waals surface area contributed by atoms with Gasteiger partial charge in [0.15, 0.2) is 0 Å². The van der Waals surface area contributed by atoms with Gasteiger partial charge in [-0.2, -0.15) is 0 Å². The van der Waals surface area contributed by atoms with E-state index in [-0.39, 0.29) is 5.54 Å². The highest BCUT2D eigenvalue weighted by Crippen LogP contribution is 2.44. The van der Waals surface area contributed by atoms with Crippen LogP contribution in [0.25, 0.3) is 10.9 Å². The van der Waals surface area contributed by atoms with E-state index >= 15 is 0 Å². The molecule has 1 fully saturated rings. The Morgan fingerprint density at radius 3 is 2.81 bits per heavy atom. The quantitative estimate of drug-likeness (QED) is 0.826. The van der Waals surface area contributed by atoms with E-state index in [0.29, 0.717) is 0 Å². The van der Waals surface area contributed by atoms with E-state index in [1.54, 1.807) is 13.4 Å². The summed E-state index contributed by atoms with van der Waals surface area (Å²) in [5.41, 5.74) is 7.80. The van der Waals surface area contributed by atoms with Gasteiger partial charge in [0.25, 0.3) is 0 Å². The van der Waals surface area contributed by atoms with Crippen LogP contribution in [-0.2, 0) is 5.54 Å². The number of rotatable bonds is 2. The van der Waals surface area contributed by atoms with Crippen LogP contribution in [0.3, 0.4) is 0 Å². The smallest absolute Gasteiger partial charge is 0.121 e. The van der Waals surface area contributed by atoms with E-state index in [1.807, 2.05) is 18.2 Å². The Hall–Kier alpha value is -1.68. The predicted molar refractivity (Wildman–Crippen MR) is 61.2 cm³/mol. The van der Waals surface area contributed by atoms with E-state index in [9.17, 15) is 0 Å². The van der Waals surface area contributed by atoms with Crippen molar-refractivity contribution in [3.63, 3.8) is 0 Å². The molecule has 0 saturated heterocycles. The van der Waals surface area contributed by atoms with Crippen LogP contribution in [0.4, 0.5) is 0 Å². The molecule has 0 bridgehead atoms. The zero-order chi connectivity index (χ0) is 11.2. The SMILES string of the molecule is COc1ccc2c(C3(N)CC3)ncnc2c1. The highest BCUT2D eigenvalue weighted by atomic mass is 16.5. The minimum atomic E-state index is -0.226. The predicted octanol–water partition coefficient (Wildman–Crippen LogP) is 1.59. The summed E-state index contributed by atoms with van der Waals surface area (Å²) in [7, 11) is 1.65. The first kappa shape index (κ1) is 9.54. The monoisotopic (exact) mass is 215 g/mol. The summed E-state index contributed by atoms with van der Waals surface area (Å²) in [5.74, 6) is 0.805. The molecule has 1 saturated carbocycles. The van der Waals surface area contributed by atoms with Gasteiger partial charge in [0.05, 0.1) is 23.9 Å². The summed E-state index contributed by atoms with van der Waals surface area (Å²) >= 11 is 0. The van der Waals surface area contributed by atoms with Gasteiger partial charge in [-0.15, -0.1) is 0 Å². The molecule has 1 aromatic heterocycles. The number of nitrogens with two attached hydrogens (primary N) is 1. The maximum Gasteiger partial charge on any atom is 0.121 e. The lowest BCUT2D eigenvalue weighted by molar-refractivity contribution is 0.415. The molecular weight excluding hydrogens is 202 g/mol. The van der Waals surface area contributed by atoms with Crippen molar-refractivity contribution in [2.24, 2.45) is 5.73 Å². The van der Waals surface area contributed by atoms with Gasteiger partial charge in [0, 0.05) is 11.5 Å². The molecule has 1 aliphatic carbocycles. The van der Waals surface area contributed by atoms with Crippen LogP contribution in [-0.4, -0.2) is 17.1 Å². The Kier molecular flexibility index (Phi) is 1.88. The van der Waals surface area contributed by atoms with Crippen molar-refractivity contribution in [3.8, 4) is 5.75 Å². The van der Waals surface area contributed by atoms with Crippen LogP contribution in [0.2, 0.25) is 0 Å². The van der Waals surface area contributed by atoms with Crippen molar-refractivity contribution in [3.05, 3.63) is 30.2 Å². The lowest BCUT2D eigenvalue weighted by atomic mass is 10.1. The third-order valence-electron chi connectivity index (χ3n) is 3.10. The van der Waals surface area contributed by atoms with E-state index in [2.05, 4.69) is 9.97 Å². The summed E-state index contributed by atoms with van der Waals surface area (Å²) < 4.78 is 5.17. The molecule has 1 heterocycles. The van der Waals surface area contributed by atoms with Gasteiger partial charge < -0.3 is 10.5 Å². The normalized spacial score (nSPS) is 17.4. The minimum absolute atomic E-state index is 0.226. The van der Waals surface area contributed by atoms with Crippen LogP contribution in [0.1, 0.15) is 18.5 Å². The Morgan fingerprint density at radius 2 is 2.12 bits per heavy atom. The lowest BCUT2D eigenvalue weighted by Crippen LogP contribution is -2.20. The first-order valence-electron chi connectivity index (χ1n) is 5.31. The molecule has 2 aromatic rings. The van der Waals surface area contributed by atoms with Crippen molar-refractivity contribution < 1.29 is 4.74 Å². The minimum Gasteiger partial charge on any atom is -0.497 e. The van der Waals surface area contributed by atoms with Gasteiger partial charge in [-0.05, 0) is 25.0 Å². The fourth-order valence-electron chi connectivity index (χ4n) is 1.93. The van der Waals surface area contributed by atoms with Crippen LogP contribution < -0.4 is 10.5 Å². The second kappa shape index (κ2) is 3.15. The van der Waals surface area contributed by atoms with E-state index in [1.165, 1.54) is 0 Å². The average molecular weight is 215 g/mol. The molecule has 4 nitrogen and oxygen atoms in total. The summed E-state index contributed by atoms with van der Waals surface area (Å²) in [6, 6.07) is 5.81. The van der Waals surface area contributed by atoms with Crippen molar-refractivity contribution in [1.82, 2.24) is 9.97 Å². The maximum atomic E-state index is 6.18. The molecule has 2 N–H and O–H groups in total. The van der Waals surface area contributed by atoms with Crippen molar-refractivity contribution >= 4 is 10.9 Å². The molecule has 4 heteroatoms. The van der Waals surface area contributed by atoms with Gasteiger partial charge >= 0.3 is 0 Å². The van der Waals surface area contributed by atoms with Gasteiger partial charge in [0.2, 0.25) is 0 Å². The fourth-order valence-corrected chi connectivity index (χ4v) is 1.93. The fraction of sp³-hybridized carbons (Fsp3) is 0.333. The molecule has 0 amide bonds. The number of hydrogen-bond acceptors (Lipinski definition) is 4. The van der Waals surface area contributed by atoms with Crippen molar-refractivity contribution in [1.29, 1.82) is 0 Å². The Bertz CT molecular complexity index is 549. The highest BCUT2D eigenvalue weighted by molar-refractivity contribution is 5.83. The van der Waals surface area contributed by atoms with Crippen molar-refractivity contribution in [2.45, 2.75) is 18.4 Å². The zero-order valence-electron chi connectivity index (χ0n) is 9.10. The zero-order valence-corrected chi connectivity index (χ0v) is 9.10. The molecule has 0 radical (unpaired) electrons. The lowest BCUT2D eigenvalue weighted by Gasteiger charge is -2.11. The molecule has 82 valence electrons. The molecule has 1 aromatic carbocycles. The Labute approximate surface area is 93.5 Å². The number of ether oxygens (including phenoxy) is 1. The largest absolute Gasteiger partial charge is 0.497 e. The summed E-state index contributed by atoms with van der Waals surface area (Å²) in [4.78, 5) is 8.56. The summed E-state index contributed by atoms with van der Waals surface area (Å²) in [6.45, 7) is 0. The van der Waals surface area contributed by atoms with E-state index < -0.39 is 0 Å².